The van der Waals surface area contributed by atoms with Gasteiger partial charge in [-0.3, -0.25) is 9.59 Å². The molecule has 3 aromatic carbocycles. The number of amides is 2. The molecule has 0 aliphatic carbocycles. The Labute approximate surface area is 236 Å². The second kappa shape index (κ2) is 11.6. The van der Waals surface area contributed by atoms with Crippen LogP contribution in [0.4, 0.5) is 9.18 Å². The molecule has 0 radical (unpaired) electrons. The second-order valence-corrected chi connectivity index (χ2v) is 11.0. The number of hydrogen-bond acceptors (Lipinski definition) is 5. The number of primary amides is 1. The van der Waals surface area contributed by atoms with Gasteiger partial charge < -0.3 is 24.7 Å². The zero-order valence-corrected chi connectivity index (χ0v) is 23.5. The van der Waals surface area contributed by atoms with Crippen LogP contribution in [-0.2, 0) is 11.3 Å². The summed E-state index contributed by atoms with van der Waals surface area (Å²) in [7, 11) is 1.65. The van der Waals surface area contributed by atoms with Crippen LogP contribution in [0.25, 0.3) is 21.7 Å². The number of benzene rings is 3. The molecule has 1 heterocycles. The number of ketones is 1. The molecule has 2 amide bonds. The van der Waals surface area contributed by atoms with Crippen molar-refractivity contribution in [1.29, 1.82) is 0 Å². The van der Waals surface area contributed by atoms with Gasteiger partial charge in [-0.2, -0.15) is 0 Å². The summed E-state index contributed by atoms with van der Waals surface area (Å²) in [6, 6.07) is 12.6. The minimum absolute atomic E-state index is 0.126. The normalized spacial score (nSPS) is 11.6. The number of ether oxygens (including phenoxy) is 2. The predicted molar refractivity (Wildman–Crippen MR) is 153 cm³/mol. The molecule has 10 heteroatoms. The third-order valence-corrected chi connectivity index (χ3v) is 6.50. The van der Waals surface area contributed by atoms with Crippen molar-refractivity contribution < 1.29 is 28.2 Å². The SMILES string of the molecule is CN(CCCn1cc(C(=O)COc2cc3ccc(Cl)cc3cc2C(N)=O)c2ccc(F)cc21)C(=O)OC(C)(C)C. The lowest BCUT2D eigenvalue weighted by atomic mass is 10.1. The van der Waals surface area contributed by atoms with Crippen LogP contribution in [0.1, 0.15) is 47.9 Å². The van der Waals surface area contributed by atoms with Gasteiger partial charge in [0, 0.05) is 42.3 Å². The van der Waals surface area contributed by atoms with Crippen LogP contribution in [0, 0.1) is 5.82 Å². The standard InChI is InChI=1S/C30H31ClFN3O5/c1-30(2,3)40-29(38)34(4)10-5-11-35-16-24(22-9-8-21(32)15-25(22)35)26(36)17-39-27-14-18-6-7-20(31)12-19(18)13-23(27)28(33)37/h6-9,12-16H,5,10-11,17H2,1-4H3,(H2,33,37). The molecule has 4 aromatic rings. The van der Waals surface area contributed by atoms with Crippen LogP contribution < -0.4 is 10.5 Å². The van der Waals surface area contributed by atoms with E-state index >= 15 is 0 Å². The summed E-state index contributed by atoms with van der Waals surface area (Å²) in [4.78, 5) is 39.1. The summed E-state index contributed by atoms with van der Waals surface area (Å²) in [5.41, 5.74) is 5.98. The van der Waals surface area contributed by atoms with Crippen LogP contribution in [0.5, 0.6) is 5.75 Å². The molecule has 8 nitrogen and oxygen atoms in total. The van der Waals surface area contributed by atoms with E-state index in [0.717, 1.165) is 5.39 Å². The lowest BCUT2D eigenvalue weighted by Gasteiger charge is -2.24. The first-order valence-corrected chi connectivity index (χ1v) is 13.1. The first-order valence-electron chi connectivity index (χ1n) is 12.7. The van der Waals surface area contributed by atoms with Crippen molar-refractivity contribution in [3.05, 3.63) is 76.7 Å². The molecule has 0 spiro atoms. The largest absolute Gasteiger partial charge is 0.485 e. The van der Waals surface area contributed by atoms with Gasteiger partial charge >= 0.3 is 6.09 Å². The fourth-order valence-electron chi connectivity index (χ4n) is 4.36. The topological polar surface area (TPSA) is 104 Å². The summed E-state index contributed by atoms with van der Waals surface area (Å²) in [5.74, 6) is -1.31. The number of Topliss-reactive ketones (excluding diaryl/α,β-unsaturated/α-hetero) is 1. The number of carbonyl (C=O) groups excluding carboxylic acids is 3. The molecule has 0 bridgehead atoms. The number of rotatable bonds is 9. The molecular formula is C30H31ClFN3O5. The number of aryl methyl sites for hydroxylation is 1. The van der Waals surface area contributed by atoms with E-state index in [1.54, 1.807) is 75.0 Å². The van der Waals surface area contributed by atoms with Crippen molar-refractivity contribution in [3.8, 4) is 5.75 Å². The van der Waals surface area contributed by atoms with E-state index in [1.165, 1.54) is 17.0 Å². The summed E-state index contributed by atoms with van der Waals surface area (Å²) in [5, 5.41) is 2.55. The van der Waals surface area contributed by atoms with Crippen LogP contribution in [-0.4, -0.2) is 53.1 Å². The molecule has 4 rings (SSSR count). The maximum absolute atomic E-state index is 14.1. The third kappa shape index (κ3) is 6.71. The average Bonchev–Trinajstić information content (AvgIpc) is 3.23. The molecule has 1 aromatic heterocycles. The highest BCUT2D eigenvalue weighted by Crippen LogP contribution is 2.29. The van der Waals surface area contributed by atoms with Crippen LogP contribution in [0.3, 0.4) is 0 Å². The summed E-state index contributed by atoms with van der Waals surface area (Å²) >= 11 is 6.06. The molecule has 0 unspecified atom stereocenters. The van der Waals surface area contributed by atoms with Crippen molar-refractivity contribution in [2.24, 2.45) is 5.73 Å². The Morgan fingerprint density at radius 1 is 1.02 bits per heavy atom. The Morgan fingerprint density at radius 3 is 2.48 bits per heavy atom. The van der Waals surface area contributed by atoms with Gasteiger partial charge in [-0.25, -0.2) is 9.18 Å². The molecule has 0 aliphatic heterocycles. The van der Waals surface area contributed by atoms with Crippen LogP contribution in [0.2, 0.25) is 5.02 Å². The third-order valence-electron chi connectivity index (χ3n) is 6.27. The van der Waals surface area contributed by atoms with Crippen molar-refractivity contribution in [3.63, 3.8) is 0 Å². The second-order valence-electron chi connectivity index (χ2n) is 10.6. The first kappa shape index (κ1) is 28.9. The fraction of sp³-hybridized carbons (Fsp3) is 0.300. The smallest absolute Gasteiger partial charge is 0.410 e. The van der Waals surface area contributed by atoms with Crippen molar-refractivity contribution in [2.45, 2.75) is 39.3 Å². The summed E-state index contributed by atoms with van der Waals surface area (Å²) in [6.45, 7) is 5.86. The Balaban J connectivity index is 1.52. The van der Waals surface area contributed by atoms with Gasteiger partial charge in [0.25, 0.3) is 5.91 Å². The predicted octanol–water partition coefficient (Wildman–Crippen LogP) is 6.20. The number of hydrogen-bond donors (Lipinski definition) is 1. The molecule has 210 valence electrons. The maximum atomic E-state index is 14.1. The molecule has 40 heavy (non-hydrogen) atoms. The van der Waals surface area contributed by atoms with Gasteiger partial charge in [0.1, 0.15) is 17.2 Å². The van der Waals surface area contributed by atoms with Crippen LogP contribution >= 0.6 is 11.6 Å². The lowest BCUT2D eigenvalue weighted by molar-refractivity contribution is 0.0295. The summed E-state index contributed by atoms with van der Waals surface area (Å²) < 4.78 is 27.1. The molecule has 2 N–H and O–H groups in total. The maximum Gasteiger partial charge on any atom is 0.410 e. The van der Waals surface area contributed by atoms with Crippen molar-refractivity contribution in [2.75, 3.05) is 20.2 Å². The summed E-state index contributed by atoms with van der Waals surface area (Å²) in [6.07, 6.45) is 1.76. The molecule has 0 saturated carbocycles. The zero-order chi connectivity index (χ0) is 29.2. The van der Waals surface area contributed by atoms with E-state index in [4.69, 9.17) is 26.8 Å². The minimum Gasteiger partial charge on any atom is -0.485 e. The monoisotopic (exact) mass is 567 g/mol. The highest BCUT2D eigenvalue weighted by atomic mass is 35.5. The zero-order valence-electron chi connectivity index (χ0n) is 22.8. The Bertz CT molecular complexity index is 1610. The quantitative estimate of drug-likeness (QED) is 0.242. The van der Waals surface area contributed by atoms with E-state index in [-0.39, 0.29) is 23.7 Å². The Morgan fingerprint density at radius 2 is 1.77 bits per heavy atom. The highest BCUT2D eigenvalue weighted by Gasteiger charge is 2.21. The number of halogens is 2. The van der Waals surface area contributed by atoms with E-state index in [9.17, 15) is 18.8 Å². The Hall–Kier alpha value is -4.11. The first-order chi connectivity index (χ1) is 18.8. The molecule has 0 fully saturated rings. The van der Waals surface area contributed by atoms with E-state index in [0.29, 0.717) is 46.4 Å². The van der Waals surface area contributed by atoms with Gasteiger partial charge in [-0.15, -0.1) is 0 Å². The number of aromatic nitrogens is 1. The van der Waals surface area contributed by atoms with E-state index < -0.39 is 23.4 Å². The highest BCUT2D eigenvalue weighted by molar-refractivity contribution is 6.31. The minimum atomic E-state index is -0.701. The molecule has 0 atom stereocenters. The number of carbonyl (C=O) groups is 3. The van der Waals surface area contributed by atoms with Crippen molar-refractivity contribution >= 4 is 51.1 Å². The van der Waals surface area contributed by atoms with E-state index in [1.807, 2.05) is 0 Å². The lowest BCUT2D eigenvalue weighted by Crippen LogP contribution is -2.35. The number of nitrogens with zero attached hydrogens (tertiary/aromatic N) is 2. The van der Waals surface area contributed by atoms with Gasteiger partial charge in [0.2, 0.25) is 5.78 Å². The van der Waals surface area contributed by atoms with Gasteiger partial charge in [0.15, 0.2) is 6.61 Å². The number of nitrogens with two attached hydrogens (primary N) is 1. The van der Waals surface area contributed by atoms with Gasteiger partial charge in [0.05, 0.1) is 11.1 Å². The van der Waals surface area contributed by atoms with Crippen molar-refractivity contribution in [1.82, 2.24) is 9.47 Å². The Kier molecular flexibility index (Phi) is 8.34. The molecule has 0 aliphatic rings. The fourth-order valence-corrected chi connectivity index (χ4v) is 4.54. The molecule has 0 saturated heterocycles. The molecular weight excluding hydrogens is 537 g/mol. The van der Waals surface area contributed by atoms with Gasteiger partial charge in [-0.1, -0.05) is 17.7 Å². The number of fused-ring (bicyclic) bond motifs is 2. The average molecular weight is 568 g/mol. The van der Waals surface area contributed by atoms with Crippen LogP contribution in [0.15, 0.2) is 54.7 Å². The van der Waals surface area contributed by atoms with E-state index in [2.05, 4.69) is 0 Å². The van der Waals surface area contributed by atoms with Gasteiger partial charge in [-0.05, 0) is 80.4 Å².